The first-order valence-electron chi connectivity index (χ1n) is 7.31. The van der Waals surface area contributed by atoms with Gasteiger partial charge in [0.15, 0.2) is 5.78 Å². The predicted molar refractivity (Wildman–Crippen MR) is 78.1 cm³/mol. The van der Waals surface area contributed by atoms with E-state index >= 15 is 0 Å². The Kier molecular flexibility index (Phi) is 3.90. The fraction of sp³-hybridized carbons (Fsp3) is 0.647. The van der Waals surface area contributed by atoms with E-state index < -0.39 is 0 Å². The Labute approximate surface area is 121 Å². The summed E-state index contributed by atoms with van der Waals surface area (Å²) in [6.07, 6.45) is 4.09. The van der Waals surface area contributed by atoms with E-state index in [1.165, 1.54) is 6.92 Å². The fourth-order valence-corrected chi connectivity index (χ4v) is 3.63. The predicted octanol–water partition coefficient (Wildman–Crippen LogP) is 3.45. The summed E-state index contributed by atoms with van der Waals surface area (Å²) in [5.41, 5.74) is 2.11. The number of rotatable bonds is 2. The maximum atomic E-state index is 12.2. The van der Waals surface area contributed by atoms with Crippen molar-refractivity contribution in [2.75, 3.05) is 0 Å². The van der Waals surface area contributed by atoms with Crippen molar-refractivity contribution >= 4 is 11.8 Å². The molecule has 0 aliphatic heterocycles. The Hall–Kier alpha value is -1.38. The van der Waals surface area contributed by atoms with Crippen molar-refractivity contribution in [2.45, 2.75) is 53.1 Å². The fourth-order valence-electron chi connectivity index (χ4n) is 3.63. The minimum absolute atomic E-state index is 0.0220. The molecule has 0 N–H and O–H groups in total. The van der Waals surface area contributed by atoms with Gasteiger partial charge in [0.1, 0.15) is 6.10 Å². The lowest BCUT2D eigenvalue weighted by Gasteiger charge is -2.48. The molecule has 0 bridgehead atoms. The summed E-state index contributed by atoms with van der Waals surface area (Å²) in [6.45, 7) is 11.8. The highest BCUT2D eigenvalue weighted by molar-refractivity contribution is 5.95. The van der Waals surface area contributed by atoms with Gasteiger partial charge in [0.2, 0.25) is 0 Å². The molecule has 2 rings (SSSR count). The second kappa shape index (κ2) is 5.19. The molecule has 3 nitrogen and oxygen atoms in total. The lowest BCUT2D eigenvalue weighted by molar-refractivity contribution is -0.148. The number of ether oxygens (including phenoxy) is 1. The summed E-state index contributed by atoms with van der Waals surface area (Å²) in [4.78, 5) is 23.4. The van der Waals surface area contributed by atoms with Crippen LogP contribution in [-0.4, -0.2) is 17.9 Å². The monoisotopic (exact) mass is 276 g/mol. The Bertz CT molecular complexity index is 488. The molecule has 1 saturated carbocycles. The highest BCUT2D eigenvalue weighted by Crippen LogP contribution is 2.52. The first-order valence-corrected chi connectivity index (χ1v) is 7.31. The Morgan fingerprint density at radius 2 is 2.10 bits per heavy atom. The zero-order chi connectivity index (χ0) is 15.1. The SMILES string of the molecule is C=C(C)[C@@H]1C[C@@]2(C)C(=CC1=O)C[C@H](OC(C)=O)C[C@@H]2C. The molecule has 110 valence electrons. The maximum Gasteiger partial charge on any atom is 0.302 e. The molecule has 0 radical (unpaired) electrons. The van der Waals surface area contributed by atoms with Gasteiger partial charge in [-0.1, -0.05) is 31.6 Å². The van der Waals surface area contributed by atoms with Gasteiger partial charge in [0, 0.05) is 19.3 Å². The van der Waals surface area contributed by atoms with E-state index in [1.54, 1.807) is 6.08 Å². The average molecular weight is 276 g/mol. The molecular formula is C17H24O3. The van der Waals surface area contributed by atoms with Crippen LogP contribution in [0.2, 0.25) is 0 Å². The minimum atomic E-state index is -0.242. The summed E-state index contributed by atoms with van der Waals surface area (Å²) in [6, 6.07) is 0. The number of carbonyl (C=O) groups is 2. The molecule has 0 aromatic rings. The summed E-state index contributed by atoms with van der Waals surface area (Å²) >= 11 is 0. The van der Waals surface area contributed by atoms with Gasteiger partial charge in [0.05, 0.1) is 0 Å². The van der Waals surface area contributed by atoms with Crippen molar-refractivity contribution in [3.8, 4) is 0 Å². The number of allylic oxidation sites excluding steroid dienone is 2. The maximum absolute atomic E-state index is 12.2. The third kappa shape index (κ3) is 2.58. The molecule has 0 unspecified atom stereocenters. The molecular weight excluding hydrogens is 252 g/mol. The molecule has 0 heterocycles. The molecule has 0 aromatic heterocycles. The van der Waals surface area contributed by atoms with E-state index in [-0.39, 0.29) is 29.2 Å². The quantitative estimate of drug-likeness (QED) is 0.573. The second-order valence-corrected chi connectivity index (χ2v) is 6.66. The molecule has 2 aliphatic carbocycles. The lowest BCUT2D eigenvalue weighted by Crippen LogP contribution is -2.43. The number of hydrogen-bond acceptors (Lipinski definition) is 3. The van der Waals surface area contributed by atoms with Crippen LogP contribution in [-0.2, 0) is 14.3 Å². The van der Waals surface area contributed by atoms with Crippen LogP contribution in [0.25, 0.3) is 0 Å². The Morgan fingerprint density at radius 1 is 1.45 bits per heavy atom. The third-order valence-corrected chi connectivity index (χ3v) is 5.10. The van der Waals surface area contributed by atoms with Crippen LogP contribution in [0, 0.1) is 17.3 Å². The molecule has 20 heavy (non-hydrogen) atoms. The van der Waals surface area contributed by atoms with E-state index in [2.05, 4.69) is 20.4 Å². The largest absolute Gasteiger partial charge is 0.462 e. The van der Waals surface area contributed by atoms with E-state index in [9.17, 15) is 9.59 Å². The zero-order valence-corrected chi connectivity index (χ0v) is 12.9. The summed E-state index contributed by atoms with van der Waals surface area (Å²) in [5, 5.41) is 0. The first kappa shape index (κ1) is 15.0. The minimum Gasteiger partial charge on any atom is -0.462 e. The Balaban J connectivity index is 2.29. The summed E-state index contributed by atoms with van der Waals surface area (Å²) < 4.78 is 5.36. The van der Waals surface area contributed by atoms with Crippen molar-refractivity contribution in [1.82, 2.24) is 0 Å². The van der Waals surface area contributed by atoms with Crippen LogP contribution in [0.15, 0.2) is 23.8 Å². The van der Waals surface area contributed by atoms with Crippen molar-refractivity contribution < 1.29 is 14.3 Å². The standard InChI is InChI=1S/C17H24O3/c1-10(2)15-9-17(5)11(3)6-14(20-12(4)18)7-13(17)8-16(15)19/h8,11,14-15H,1,6-7,9H2,2-5H3/t11-,14+,15-,17+/m0/s1. The number of hydrogen-bond donors (Lipinski definition) is 0. The third-order valence-electron chi connectivity index (χ3n) is 5.10. The number of fused-ring (bicyclic) bond motifs is 1. The zero-order valence-electron chi connectivity index (χ0n) is 12.9. The molecule has 2 aliphatic rings. The second-order valence-electron chi connectivity index (χ2n) is 6.66. The molecule has 0 spiro atoms. The average Bonchev–Trinajstić information content (AvgIpc) is 2.30. The summed E-state index contributed by atoms with van der Waals surface area (Å²) in [5.74, 6) is 0.243. The van der Waals surface area contributed by atoms with Crippen molar-refractivity contribution in [3.05, 3.63) is 23.8 Å². The van der Waals surface area contributed by atoms with Gasteiger partial charge >= 0.3 is 5.97 Å². The molecule has 0 amide bonds. The van der Waals surface area contributed by atoms with Crippen LogP contribution in [0.3, 0.4) is 0 Å². The van der Waals surface area contributed by atoms with Gasteiger partial charge in [-0.05, 0) is 37.2 Å². The highest BCUT2D eigenvalue weighted by Gasteiger charge is 2.47. The van der Waals surface area contributed by atoms with E-state index in [0.717, 1.165) is 24.0 Å². The van der Waals surface area contributed by atoms with Crippen molar-refractivity contribution in [1.29, 1.82) is 0 Å². The number of esters is 1. The van der Waals surface area contributed by atoms with Gasteiger partial charge in [0.25, 0.3) is 0 Å². The smallest absolute Gasteiger partial charge is 0.302 e. The number of ketones is 1. The molecule has 1 fully saturated rings. The molecule has 0 aromatic carbocycles. The van der Waals surface area contributed by atoms with Crippen LogP contribution >= 0.6 is 0 Å². The lowest BCUT2D eigenvalue weighted by atomic mass is 9.57. The molecule has 3 heteroatoms. The normalized spacial score (nSPS) is 36.9. The summed E-state index contributed by atoms with van der Waals surface area (Å²) in [7, 11) is 0. The van der Waals surface area contributed by atoms with Crippen LogP contribution < -0.4 is 0 Å². The highest BCUT2D eigenvalue weighted by atomic mass is 16.5. The van der Waals surface area contributed by atoms with Gasteiger partial charge in [-0.25, -0.2) is 0 Å². The van der Waals surface area contributed by atoms with Crippen molar-refractivity contribution in [3.63, 3.8) is 0 Å². The van der Waals surface area contributed by atoms with E-state index in [4.69, 9.17) is 4.74 Å². The Morgan fingerprint density at radius 3 is 2.65 bits per heavy atom. The van der Waals surface area contributed by atoms with Gasteiger partial charge in [-0.15, -0.1) is 0 Å². The molecule has 4 atom stereocenters. The topological polar surface area (TPSA) is 43.4 Å². The van der Waals surface area contributed by atoms with Crippen LogP contribution in [0.5, 0.6) is 0 Å². The van der Waals surface area contributed by atoms with Crippen molar-refractivity contribution in [2.24, 2.45) is 17.3 Å². The molecule has 0 saturated heterocycles. The van der Waals surface area contributed by atoms with Crippen LogP contribution in [0.1, 0.15) is 47.0 Å². The van der Waals surface area contributed by atoms with E-state index in [1.807, 2.05) is 6.92 Å². The van der Waals surface area contributed by atoms with E-state index in [0.29, 0.717) is 12.3 Å². The van der Waals surface area contributed by atoms with Crippen LogP contribution in [0.4, 0.5) is 0 Å². The van der Waals surface area contributed by atoms with Gasteiger partial charge in [-0.2, -0.15) is 0 Å². The first-order chi connectivity index (χ1) is 9.24. The van der Waals surface area contributed by atoms with Gasteiger partial charge in [-0.3, -0.25) is 9.59 Å². The van der Waals surface area contributed by atoms with Gasteiger partial charge < -0.3 is 4.74 Å². The number of carbonyl (C=O) groups excluding carboxylic acids is 2.